The van der Waals surface area contributed by atoms with Gasteiger partial charge in [0.1, 0.15) is 5.75 Å². The van der Waals surface area contributed by atoms with E-state index in [-0.39, 0.29) is 6.04 Å². The fraction of sp³-hybridized carbons (Fsp3) is 0.545. The van der Waals surface area contributed by atoms with Crippen molar-refractivity contribution in [1.29, 1.82) is 0 Å². The summed E-state index contributed by atoms with van der Waals surface area (Å²) in [4.78, 5) is 4.26. The van der Waals surface area contributed by atoms with Crippen molar-refractivity contribution in [3.63, 3.8) is 0 Å². The largest absolute Gasteiger partial charge is 0.495 e. The summed E-state index contributed by atoms with van der Waals surface area (Å²) in [5.74, 6) is 1.64. The van der Waals surface area contributed by atoms with E-state index in [0.29, 0.717) is 5.25 Å². The Morgan fingerprint density at radius 1 is 1.53 bits per heavy atom. The van der Waals surface area contributed by atoms with Crippen LogP contribution < -0.4 is 10.5 Å². The van der Waals surface area contributed by atoms with Crippen LogP contribution in [0.2, 0.25) is 0 Å². The topological polar surface area (TPSA) is 48.1 Å². The predicted octanol–water partition coefficient (Wildman–Crippen LogP) is 2.23. The molecule has 0 aliphatic carbocycles. The molecule has 2 N–H and O–H groups in total. The lowest BCUT2D eigenvalue weighted by atomic mass is 10.2. The number of nitrogens with zero attached hydrogens (tertiary/aromatic N) is 1. The van der Waals surface area contributed by atoms with Crippen LogP contribution in [0, 0.1) is 0 Å². The molecular formula is C11H18N2OS. The summed E-state index contributed by atoms with van der Waals surface area (Å²) in [5.41, 5.74) is 6.90. The highest BCUT2D eigenvalue weighted by atomic mass is 32.2. The Kier molecular flexibility index (Phi) is 4.91. The third-order valence-corrected chi connectivity index (χ3v) is 3.20. The number of pyridine rings is 1. The molecule has 0 amide bonds. The van der Waals surface area contributed by atoms with E-state index in [4.69, 9.17) is 10.5 Å². The van der Waals surface area contributed by atoms with Crippen molar-refractivity contribution in [3.8, 4) is 5.75 Å². The molecule has 0 spiro atoms. The molecule has 1 aromatic rings. The molecule has 0 aliphatic heterocycles. The van der Waals surface area contributed by atoms with Gasteiger partial charge in [-0.05, 0) is 17.4 Å². The second-order valence-electron chi connectivity index (χ2n) is 3.58. The standard InChI is InChI=1S/C11H18N2OS/c1-8(2)15-7-9(12)11-10(14-3)5-4-6-13-11/h4-6,8-9H,7,12H2,1-3H3. The van der Waals surface area contributed by atoms with Gasteiger partial charge in [0.2, 0.25) is 0 Å². The summed E-state index contributed by atoms with van der Waals surface area (Å²) < 4.78 is 5.22. The van der Waals surface area contributed by atoms with Crippen LogP contribution in [-0.4, -0.2) is 23.1 Å². The molecule has 1 atom stereocenters. The van der Waals surface area contributed by atoms with Gasteiger partial charge in [-0.15, -0.1) is 0 Å². The maximum atomic E-state index is 6.06. The molecule has 1 aromatic heterocycles. The molecule has 0 fully saturated rings. The molecule has 1 heterocycles. The van der Waals surface area contributed by atoms with Crippen LogP contribution in [0.3, 0.4) is 0 Å². The Balaban J connectivity index is 2.68. The molecule has 0 aromatic carbocycles. The van der Waals surface area contributed by atoms with Crippen LogP contribution in [0.25, 0.3) is 0 Å². The van der Waals surface area contributed by atoms with E-state index in [9.17, 15) is 0 Å². The smallest absolute Gasteiger partial charge is 0.142 e. The molecule has 0 bridgehead atoms. The Labute approximate surface area is 95.4 Å². The van der Waals surface area contributed by atoms with Crippen LogP contribution in [0.5, 0.6) is 5.75 Å². The van der Waals surface area contributed by atoms with Crippen LogP contribution in [0.15, 0.2) is 18.3 Å². The summed E-state index contributed by atoms with van der Waals surface area (Å²) >= 11 is 1.83. The van der Waals surface area contributed by atoms with Gasteiger partial charge in [0.15, 0.2) is 0 Å². The summed E-state index contributed by atoms with van der Waals surface area (Å²) in [6, 6.07) is 3.68. The quantitative estimate of drug-likeness (QED) is 0.836. The first-order chi connectivity index (χ1) is 7.15. The first-order valence-corrected chi connectivity index (χ1v) is 6.06. The number of rotatable bonds is 5. The molecule has 4 heteroatoms. The minimum Gasteiger partial charge on any atom is -0.495 e. The van der Waals surface area contributed by atoms with E-state index in [1.807, 2.05) is 23.9 Å². The molecule has 0 radical (unpaired) electrons. The van der Waals surface area contributed by atoms with Crippen LogP contribution >= 0.6 is 11.8 Å². The van der Waals surface area contributed by atoms with Gasteiger partial charge in [-0.1, -0.05) is 13.8 Å². The van der Waals surface area contributed by atoms with Crippen LogP contribution in [-0.2, 0) is 0 Å². The van der Waals surface area contributed by atoms with E-state index < -0.39 is 0 Å². The molecule has 0 aliphatic rings. The summed E-state index contributed by atoms with van der Waals surface area (Å²) in [7, 11) is 1.64. The van der Waals surface area contributed by atoms with Gasteiger partial charge in [-0.25, -0.2) is 0 Å². The van der Waals surface area contributed by atoms with Gasteiger partial charge in [0.25, 0.3) is 0 Å². The van der Waals surface area contributed by atoms with Crippen molar-refractivity contribution in [2.24, 2.45) is 5.73 Å². The summed E-state index contributed by atoms with van der Waals surface area (Å²) in [6.45, 7) is 4.32. The van der Waals surface area contributed by atoms with Gasteiger partial charge >= 0.3 is 0 Å². The zero-order valence-electron chi connectivity index (χ0n) is 9.43. The fourth-order valence-electron chi connectivity index (χ4n) is 1.23. The molecule has 0 saturated carbocycles. The van der Waals surface area contributed by atoms with Gasteiger partial charge in [-0.2, -0.15) is 11.8 Å². The van der Waals surface area contributed by atoms with Crippen molar-refractivity contribution in [1.82, 2.24) is 4.98 Å². The third kappa shape index (κ3) is 3.72. The lowest BCUT2D eigenvalue weighted by molar-refractivity contribution is 0.404. The molecule has 15 heavy (non-hydrogen) atoms. The number of ether oxygens (including phenoxy) is 1. The molecule has 1 unspecified atom stereocenters. The number of nitrogens with two attached hydrogens (primary N) is 1. The maximum Gasteiger partial charge on any atom is 0.142 e. The van der Waals surface area contributed by atoms with Gasteiger partial charge in [-0.3, -0.25) is 4.98 Å². The average molecular weight is 226 g/mol. The highest BCUT2D eigenvalue weighted by Gasteiger charge is 2.13. The van der Waals surface area contributed by atoms with Crippen molar-refractivity contribution in [2.45, 2.75) is 25.1 Å². The monoisotopic (exact) mass is 226 g/mol. The van der Waals surface area contributed by atoms with Crippen molar-refractivity contribution in [2.75, 3.05) is 12.9 Å². The Hall–Kier alpha value is -0.740. The molecule has 1 rings (SSSR count). The van der Waals surface area contributed by atoms with E-state index in [1.165, 1.54) is 0 Å². The highest BCUT2D eigenvalue weighted by Crippen LogP contribution is 2.24. The number of thioether (sulfide) groups is 1. The zero-order valence-corrected chi connectivity index (χ0v) is 10.3. The van der Waals surface area contributed by atoms with Crippen molar-refractivity contribution < 1.29 is 4.74 Å². The normalized spacial score (nSPS) is 12.9. The molecule has 84 valence electrons. The lowest BCUT2D eigenvalue weighted by Gasteiger charge is -2.14. The molecule has 3 nitrogen and oxygen atoms in total. The lowest BCUT2D eigenvalue weighted by Crippen LogP contribution is -2.16. The van der Waals surface area contributed by atoms with Crippen LogP contribution in [0.4, 0.5) is 0 Å². The Morgan fingerprint density at radius 2 is 2.27 bits per heavy atom. The second kappa shape index (κ2) is 5.98. The minimum absolute atomic E-state index is 0.0615. The predicted molar refractivity (Wildman–Crippen MR) is 65.3 cm³/mol. The summed E-state index contributed by atoms with van der Waals surface area (Å²) in [5, 5.41) is 0.589. The van der Waals surface area contributed by atoms with E-state index in [2.05, 4.69) is 18.8 Å². The Bertz CT molecular complexity index is 304. The number of methoxy groups -OCH3 is 1. The van der Waals surface area contributed by atoms with Crippen molar-refractivity contribution >= 4 is 11.8 Å². The number of hydrogen-bond acceptors (Lipinski definition) is 4. The molecule has 0 saturated heterocycles. The minimum atomic E-state index is -0.0615. The Morgan fingerprint density at radius 3 is 2.87 bits per heavy atom. The first-order valence-electron chi connectivity index (χ1n) is 5.01. The maximum absolute atomic E-state index is 6.06. The summed E-state index contributed by atoms with van der Waals surface area (Å²) in [6.07, 6.45) is 1.75. The van der Waals surface area contributed by atoms with Gasteiger partial charge in [0, 0.05) is 11.9 Å². The zero-order chi connectivity index (χ0) is 11.3. The van der Waals surface area contributed by atoms with E-state index in [1.54, 1.807) is 13.3 Å². The van der Waals surface area contributed by atoms with Gasteiger partial charge < -0.3 is 10.5 Å². The van der Waals surface area contributed by atoms with Crippen molar-refractivity contribution in [3.05, 3.63) is 24.0 Å². The second-order valence-corrected chi connectivity index (χ2v) is 5.19. The van der Waals surface area contributed by atoms with Gasteiger partial charge in [0.05, 0.1) is 18.8 Å². The SMILES string of the molecule is COc1cccnc1C(N)CSC(C)C. The fourth-order valence-corrected chi connectivity index (χ4v) is 1.98. The van der Waals surface area contributed by atoms with E-state index in [0.717, 1.165) is 17.2 Å². The molecular weight excluding hydrogens is 208 g/mol. The highest BCUT2D eigenvalue weighted by molar-refractivity contribution is 7.99. The number of hydrogen-bond donors (Lipinski definition) is 1. The third-order valence-electron chi connectivity index (χ3n) is 1.98. The van der Waals surface area contributed by atoms with Crippen LogP contribution in [0.1, 0.15) is 25.6 Å². The first kappa shape index (κ1) is 12.3. The van der Waals surface area contributed by atoms with E-state index >= 15 is 0 Å². The average Bonchev–Trinajstić information content (AvgIpc) is 2.25. The number of aromatic nitrogens is 1.